The topological polar surface area (TPSA) is 65.2 Å². The lowest BCUT2D eigenvalue weighted by atomic mass is 10.1. The SMILES string of the molecule is Cc1cc(=O)oc2cc(Oc3c(F)c(F)c4cc5c(C)nsc5nc4c3F)ccc12. The number of fused-ring (bicyclic) bond motifs is 3. The summed E-state index contributed by atoms with van der Waals surface area (Å²) in [7, 11) is 0. The Morgan fingerprint density at radius 2 is 1.77 bits per heavy atom. The molecule has 0 bridgehead atoms. The zero-order valence-corrected chi connectivity index (χ0v) is 16.4. The maximum Gasteiger partial charge on any atom is 0.336 e. The van der Waals surface area contributed by atoms with Crippen molar-refractivity contribution in [3.05, 3.63) is 69.5 Å². The third kappa shape index (κ3) is 2.73. The van der Waals surface area contributed by atoms with E-state index in [1.54, 1.807) is 19.9 Å². The fourth-order valence-electron chi connectivity index (χ4n) is 3.32. The lowest BCUT2D eigenvalue weighted by molar-refractivity contribution is 0.391. The predicted molar refractivity (Wildman–Crippen MR) is 107 cm³/mol. The van der Waals surface area contributed by atoms with Gasteiger partial charge in [0.25, 0.3) is 0 Å². The molecule has 5 rings (SSSR count). The smallest absolute Gasteiger partial charge is 0.336 e. The number of rotatable bonds is 2. The van der Waals surface area contributed by atoms with Gasteiger partial charge >= 0.3 is 5.63 Å². The number of hydrogen-bond donors (Lipinski definition) is 0. The third-order valence-electron chi connectivity index (χ3n) is 4.82. The number of hydrogen-bond acceptors (Lipinski definition) is 6. The minimum Gasteiger partial charge on any atom is -0.451 e. The highest BCUT2D eigenvalue weighted by atomic mass is 32.1. The Bertz CT molecular complexity index is 1560. The van der Waals surface area contributed by atoms with Gasteiger partial charge in [-0.2, -0.15) is 8.76 Å². The predicted octanol–water partition coefficient (Wildman–Crippen LogP) is 5.78. The van der Waals surface area contributed by atoms with Crippen molar-refractivity contribution in [3.8, 4) is 11.5 Å². The first-order chi connectivity index (χ1) is 14.3. The number of nitrogens with zero attached hydrogens (tertiary/aromatic N) is 2. The van der Waals surface area contributed by atoms with Crippen LogP contribution in [0.3, 0.4) is 0 Å². The first-order valence-corrected chi connectivity index (χ1v) is 9.56. The van der Waals surface area contributed by atoms with Gasteiger partial charge in [0, 0.05) is 28.3 Å². The molecule has 0 aliphatic rings. The minimum absolute atomic E-state index is 0.0255. The maximum atomic E-state index is 15.1. The fourth-order valence-corrected chi connectivity index (χ4v) is 4.08. The van der Waals surface area contributed by atoms with E-state index in [1.165, 1.54) is 24.3 Å². The fraction of sp³-hybridized carbons (Fsp3) is 0.0952. The molecular formula is C21H11F3N2O3S. The Labute approximate surface area is 170 Å². The minimum atomic E-state index is -1.48. The molecule has 5 nitrogen and oxygen atoms in total. The Hall–Kier alpha value is -3.46. The van der Waals surface area contributed by atoms with Crippen LogP contribution in [0, 0.1) is 31.3 Å². The summed E-state index contributed by atoms with van der Waals surface area (Å²) in [5.41, 5.74) is 0.523. The first kappa shape index (κ1) is 18.6. The van der Waals surface area contributed by atoms with E-state index in [4.69, 9.17) is 9.15 Å². The standard InChI is InChI=1S/C21H11F3N2O3S/c1-8-5-15(27)29-14-6-10(3-4-11(8)14)28-20-17(23)16(22)13-7-12-9(2)26-30-21(12)25-19(13)18(20)24/h3-7H,1-2H3. The van der Waals surface area contributed by atoms with Crippen molar-refractivity contribution in [3.63, 3.8) is 0 Å². The molecule has 0 N–H and O–H groups in total. The van der Waals surface area contributed by atoms with Crippen LogP contribution in [0.5, 0.6) is 11.5 Å². The number of ether oxygens (including phenoxy) is 1. The second kappa shape index (κ2) is 6.53. The number of aromatic nitrogens is 2. The number of pyridine rings is 1. The molecule has 0 radical (unpaired) electrons. The van der Waals surface area contributed by atoms with Crippen LogP contribution in [-0.4, -0.2) is 9.36 Å². The molecule has 0 atom stereocenters. The summed E-state index contributed by atoms with van der Waals surface area (Å²) in [5, 5.41) is 0.865. The Morgan fingerprint density at radius 1 is 0.967 bits per heavy atom. The molecule has 0 amide bonds. The summed E-state index contributed by atoms with van der Waals surface area (Å²) in [6.07, 6.45) is 0. The van der Waals surface area contributed by atoms with E-state index >= 15 is 4.39 Å². The average Bonchev–Trinajstić information content (AvgIpc) is 3.08. The van der Waals surface area contributed by atoms with Gasteiger partial charge in [-0.1, -0.05) is 0 Å². The highest BCUT2D eigenvalue weighted by Crippen LogP contribution is 2.37. The van der Waals surface area contributed by atoms with Crippen molar-refractivity contribution in [2.24, 2.45) is 0 Å². The molecule has 0 unspecified atom stereocenters. The van der Waals surface area contributed by atoms with Crippen LogP contribution >= 0.6 is 11.5 Å². The van der Waals surface area contributed by atoms with Crippen molar-refractivity contribution < 1.29 is 22.3 Å². The normalized spacial score (nSPS) is 11.6. The average molecular weight is 428 g/mol. The molecule has 0 spiro atoms. The summed E-state index contributed by atoms with van der Waals surface area (Å²) in [5.74, 6) is -4.84. The second-order valence-corrected chi connectivity index (χ2v) is 7.54. The van der Waals surface area contributed by atoms with E-state index < -0.39 is 28.8 Å². The summed E-state index contributed by atoms with van der Waals surface area (Å²) in [4.78, 5) is 16.1. The third-order valence-corrected chi connectivity index (χ3v) is 5.67. The zero-order valence-electron chi connectivity index (χ0n) is 15.5. The summed E-state index contributed by atoms with van der Waals surface area (Å²) >= 11 is 1.03. The molecule has 2 aromatic carbocycles. The molecule has 9 heteroatoms. The highest BCUT2D eigenvalue weighted by molar-refractivity contribution is 7.13. The van der Waals surface area contributed by atoms with Gasteiger partial charge in [-0.3, -0.25) is 0 Å². The quantitative estimate of drug-likeness (QED) is 0.264. The van der Waals surface area contributed by atoms with E-state index in [9.17, 15) is 13.6 Å². The van der Waals surface area contributed by atoms with Gasteiger partial charge < -0.3 is 9.15 Å². The van der Waals surface area contributed by atoms with E-state index in [0.717, 1.165) is 11.5 Å². The van der Waals surface area contributed by atoms with Crippen LogP contribution in [0.25, 0.3) is 32.1 Å². The molecule has 5 aromatic rings. The lowest BCUT2D eigenvalue weighted by Gasteiger charge is -2.12. The second-order valence-electron chi connectivity index (χ2n) is 6.78. The molecule has 0 aliphatic heterocycles. The molecule has 0 aliphatic carbocycles. The van der Waals surface area contributed by atoms with E-state index in [2.05, 4.69) is 9.36 Å². The molecule has 0 saturated carbocycles. The maximum absolute atomic E-state index is 15.1. The van der Waals surface area contributed by atoms with Gasteiger partial charge in [0.15, 0.2) is 11.6 Å². The van der Waals surface area contributed by atoms with E-state index in [0.29, 0.717) is 26.9 Å². The van der Waals surface area contributed by atoms with Crippen LogP contribution in [0.2, 0.25) is 0 Å². The Kier molecular flexibility index (Phi) is 4.04. The molecule has 150 valence electrons. The summed E-state index contributed by atoms with van der Waals surface area (Å²) < 4.78 is 59.1. The van der Waals surface area contributed by atoms with Gasteiger partial charge in [-0.05, 0) is 49.1 Å². The van der Waals surface area contributed by atoms with Gasteiger partial charge in [-0.15, -0.1) is 0 Å². The monoisotopic (exact) mass is 428 g/mol. The molecule has 0 saturated heterocycles. The summed E-state index contributed by atoms with van der Waals surface area (Å²) in [6, 6.07) is 7.00. The van der Waals surface area contributed by atoms with E-state index in [1.807, 2.05) is 0 Å². The Morgan fingerprint density at radius 3 is 2.57 bits per heavy atom. The van der Waals surface area contributed by atoms with Crippen molar-refractivity contribution in [1.82, 2.24) is 9.36 Å². The molecule has 30 heavy (non-hydrogen) atoms. The molecule has 0 fully saturated rings. The first-order valence-electron chi connectivity index (χ1n) is 8.79. The van der Waals surface area contributed by atoms with Crippen LogP contribution < -0.4 is 10.4 Å². The van der Waals surface area contributed by atoms with Gasteiger partial charge in [0.1, 0.15) is 21.7 Å². The Balaban J connectivity index is 1.70. The van der Waals surface area contributed by atoms with Crippen molar-refractivity contribution in [2.45, 2.75) is 13.8 Å². The highest BCUT2D eigenvalue weighted by Gasteiger charge is 2.24. The molecule has 3 heterocycles. The van der Waals surface area contributed by atoms with Crippen molar-refractivity contribution >= 4 is 43.6 Å². The number of aryl methyl sites for hydroxylation is 2. The zero-order chi connectivity index (χ0) is 21.2. The number of halogens is 3. The van der Waals surface area contributed by atoms with Gasteiger partial charge in [-0.25, -0.2) is 18.6 Å². The van der Waals surface area contributed by atoms with Crippen LogP contribution in [0.1, 0.15) is 11.3 Å². The largest absolute Gasteiger partial charge is 0.451 e. The molecule has 3 aromatic heterocycles. The summed E-state index contributed by atoms with van der Waals surface area (Å²) in [6.45, 7) is 3.43. The van der Waals surface area contributed by atoms with Crippen molar-refractivity contribution in [2.75, 3.05) is 0 Å². The van der Waals surface area contributed by atoms with Gasteiger partial charge in [0.2, 0.25) is 11.6 Å². The molecular weight excluding hydrogens is 417 g/mol. The van der Waals surface area contributed by atoms with Gasteiger partial charge in [0.05, 0.1) is 5.69 Å². The van der Waals surface area contributed by atoms with E-state index in [-0.39, 0.29) is 22.2 Å². The van der Waals surface area contributed by atoms with Crippen LogP contribution in [0.4, 0.5) is 13.2 Å². The lowest BCUT2D eigenvalue weighted by Crippen LogP contribution is -2.01. The van der Waals surface area contributed by atoms with Crippen LogP contribution in [-0.2, 0) is 0 Å². The number of benzene rings is 2. The van der Waals surface area contributed by atoms with Crippen molar-refractivity contribution in [1.29, 1.82) is 0 Å². The van der Waals surface area contributed by atoms with Crippen LogP contribution in [0.15, 0.2) is 39.5 Å².